The number of aromatic amines is 1. The van der Waals surface area contributed by atoms with Crippen LogP contribution in [-0.4, -0.2) is 30.0 Å². The van der Waals surface area contributed by atoms with Crippen LogP contribution >= 0.6 is 12.4 Å². The fourth-order valence-electron chi connectivity index (χ4n) is 2.86. The molecule has 0 saturated carbocycles. The van der Waals surface area contributed by atoms with E-state index >= 15 is 0 Å². The normalized spacial score (nSPS) is 18.7. The lowest BCUT2D eigenvalue weighted by atomic mass is 9.91. The average molecular weight is 266 g/mol. The van der Waals surface area contributed by atoms with Gasteiger partial charge in [0.1, 0.15) is 0 Å². The highest BCUT2D eigenvalue weighted by Crippen LogP contribution is 2.31. The third-order valence-electron chi connectivity index (χ3n) is 3.92. The topological polar surface area (TPSA) is 45.0 Å². The zero-order valence-corrected chi connectivity index (χ0v) is 11.7. The summed E-state index contributed by atoms with van der Waals surface area (Å²) in [7, 11) is 4.33. The molecule has 0 amide bonds. The summed E-state index contributed by atoms with van der Waals surface area (Å²) in [5.41, 5.74) is 10.8. The lowest BCUT2D eigenvalue weighted by Gasteiger charge is -2.28. The summed E-state index contributed by atoms with van der Waals surface area (Å²) in [5, 5.41) is 1.31. The first-order chi connectivity index (χ1) is 8.15. The van der Waals surface area contributed by atoms with Crippen molar-refractivity contribution in [1.29, 1.82) is 0 Å². The van der Waals surface area contributed by atoms with E-state index in [0.717, 1.165) is 18.5 Å². The molecule has 2 aromatic rings. The monoisotopic (exact) mass is 265 g/mol. The molecule has 98 valence electrons. The molecular weight excluding hydrogens is 246 g/mol. The minimum absolute atomic E-state index is 0. The molecule has 18 heavy (non-hydrogen) atoms. The maximum atomic E-state index is 5.89. The van der Waals surface area contributed by atoms with E-state index in [1.165, 1.54) is 28.6 Å². The van der Waals surface area contributed by atoms with E-state index in [-0.39, 0.29) is 12.4 Å². The Labute approximate surface area is 114 Å². The largest absolute Gasteiger partial charge is 0.399 e. The SMILES string of the molecule is CN(C)C1CCc2[nH]c3ccc(N)cc3c2C1.Cl. The molecule has 3 nitrogen and oxygen atoms in total. The van der Waals surface area contributed by atoms with Gasteiger partial charge in [0.05, 0.1) is 0 Å². The van der Waals surface area contributed by atoms with Gasteiger partial charge in [0, 0.05) is 28.3 Å². The molecule has 1 aromatic carbocycles. The van der Waals surface area contributed by atoms with Crippen LogP contribution in [0.1, 0.15) is 17.7 Å². The number of aromatic nitrogens is 1. The van der Waals surface area contributed by atoms with Crippen molar-refractivity contribution in [3.63, 3.8) is 0 Å². The van der Waals surface area contributed by atoms with Crippen LogP contribution in [0.5, 0.6) is 0 Å². The van der Waals surface area contributed by atoms with Gasteiger partial charge in [-0.3, -0.25) is 0 Å². The van der Waals surface area contributed by atoms with Gasteiger partial charge in [-0.2, -0.15) is 0 Å². The Bertz CT molecular complexity index is 559. The molecular formula is C14H20ClN3. The van der Waals surface area contributed by atoms with Gasteiger partial charge in [0.25, 0.3) is 0 Å². The Morgan fingerprint density at radius 1 is 1.33 bits per heavy atom. The summed E-state index contributed by atoms with van der Waals surface area (Å²) in [6, 6.07) is 6.81. The number of aryl methyl sites for hydroxylation is 1. The van der Waals surface area contributed by atoms with Crippen LogP contribution in [0.4, 0.5) is 5.69 Å². The maximum Gasteiger partial charge on any atom is 0.0460 e. The quantitative estimate of drug-likeness (QED) is 0.779. The number of hydrogen-bond donors (Lipinski definition) is 2. The number of H-pyrrole nitrogens is 1. The first kappa shape index (κ1) is 13.2. The lowest BCUT2D eigenvalue weighted by molar-refractivity contribution is 0.268. The Kier molecular flexibility index (Phi) is 3.55. The highest BCUT2D eigenvalue weighted by molar-refractivity contribution is 5.87. The van der Waals surface area contributed by atoms with Gasteiger partial charge >= 0.3 is 0 Å². The van der Waals surface area contributed by atoms with Crippen LogP contribution in [0.3, 0.4) is 0 Å². The molecule has 0 spiro atoms. The Morgan fingerprint density at radius 2 is 2.11 bits per heavy atom. The number of likely N-dealkylation sites (N-methyl/N-ethyl adjacent to an activating group) is 1. The molecule has 1 unspecified atom stereocenters. The average Bonchev–Trinajstić information content (AvgIpc) is 2.66. The summed E-state index contributed by atoms with van der Waals surface area (Å²) in [5.74, 6) is 0. The van der Waals surface area contributed by atoms with E-state index in [1.54, 1.807) is 0 Å². The van der Waals surface area contributed by atoms with E-state index in [9.17, 15) is 0 Å². The van der Waals surface area contributed by atoms with Crippen molar-refractivity contribution in [2.75, 3.05) is 19.8 Å². The van der Waals surface area contributed by atoms with Crippen molar-refractivity contribution < 1.29 is 0 Å². The molecule has 1 aromatic heterocycles. The number of rotatable bonds is 1. The molecule has 1 atom stereocenters. The Balaban J connectivity index is 0.00000120. The molecule has 0 aliphatic heterocycles. The number of fused-ring (bicyclic) bond motifs is 3. The van der Waals surface area contributed by atoms with E-state index in [1.807, 2.05) is 6.07 Å². The van der Waals surface area contributed by atoms with E-state index < -0.39 is 0 Å². The summed E-state index contributed by atoms with van der Waals surface area (Å²) < 4.78 is 0. The second kappa shape index (κ2) is 4.82. The van der Waals surface area contributed by atoms with Crippen LogP contribution in [0, 0.1) is 0 Å². The first-order valence-corrected chi connectivity index (χ1v) is 6.20. The molecule has 1 aliphatic rings. The van der Waals surface area contributed by atoms with Crippen LogP contribution in [0.25, 0.3) is 10.9 Å². The summed E-state index contributed by atoms with van der Waals surface area (Å²) in [6.45, 7) is 0. The van der Waals surface area contributed by atoms with Gasteiger partial charge in [-0.1, -0.05) is 0 Å². The number of hydrogen-bond acceptors (Lipinski definition) is 2. The summed E-state index contributed by atoms with van der Waals surface area (Å²) in [4.78, 5) is 5.86. The first-order valence-electron chi connectivity index (χ1n) is 6.20. The zero-order valence-electron chi connectivity index (χ0n) is 10.9. The molecule has 1 aliphatic carbocycles. The molecule has 1 heterocycles. The number of nitrogens with zero attached hydrogens (tertiary/aromatic N) is 1. The Hall–Kier alpha value is -1.19. The number of nitrogens with two attached hydrogens (primary N) is 1. The van der Waals surface area contributed by atoms with Gasteiger partial charge in [-0.05, 0) is 57.1 Å². The van der Waals surface area contributed by atoms with E-state index in [2.05, 4.69) is 36.1 Å². The number of halogens is 1. The highest BCUT2D eigenvalue weighted by atomic mass is 35.5. The Morgan fingerprint density at radius 3 is 2.83 bits per heavy atom. The summed E-state index contributed by atoms with van der Waals surface area (Å²) in [6.07, 6.45) is 3.51. The molecule has 3 rings (SSSR count). The molecule has 0 saturated heterocycles. The fourth-order valence-corrected chi connectivity index (χ4v) is 2.86. The van der Waals surface area contributed by atoms with Crippen molar-refractivity contribution in [2.45, 2.75) is 25.3 Å². The van der Waals surface area contributed by atoms with Crippen molar-refractivity contribution in [2.24, 2.45) is 0 Å². The van der Waals surface area contributed by atoms with Gasteiger partial charge < -0.3 is 15.6 Å². The minimum Gasteiger partial charge on any atom is -0.399 e. The maximum absolute atomic E-state index is 5.89. The number of anilines is 1. The van der Waals surface area contributed by atoms with Gasteiger partial charge in [-0.15, -0.1) is 12.4 Å². The van der Waals surface area contributed by atoms with Crippen LogP contribution < -0.4 is 5.73 Å². The predicted octanol–water partition coefficient (Wildman–Crippen LogP) is 2.59. The zero-order chi connectivity index (χ0) is 12.0. The van der Waals surface area contributed by atoms with Gasteiger partial charge in [-0.25, -0.2) is 0 Å². The van der Waals surface area contributed by atoms with E-state index in [0.29, 0.717) is 6.04 Å². The molecule has 4 heteroatoms. The minimum atomic E-state index is 0. The second-order valence-corrected chi connectivity index (χ2v) is 5.25. The third kappa shape index (κ3) is 2.08. The van der Waals surface area contributed by atoms with E-state index in [4.69, 9.17) is 5.73 Å². The summed E-state index contributed by atoms with van der Waals surface area (Å²) >= 11 is 0. The standard InChI is InChI=1S/C14H19N3.ClH/c1-17(2)10-4-6-14-12(8-10)11-7-9(15)3-5-13(11)16-14;/h3,5,7,10,16H,4,6,8,15H2,1-2H3;1H. The fraction of sp³-hybridized carbons (Fsp3) is 0.429. The van der Waals surface area contributed by atoms with Crippen LogP contribution in [0.15, 0.2) is 18.2 Å². The van der Waals surface area contributed by atoms with Gasteiger partial charge in [0.2, 0.25) is 0 Å². The van der Waals surface area contributed by atoms with Crippen molar-refractivity contribution in [3.05, 3.63) is 29.5 Å². The number of nitrogen functional groups attached to an aromatic ring is 1. The number of benzene rings is 1. The van der Waals surface area contributed by atoms with Crippen molar-refractivity contribution in [1.82, 2.24) is 9.88 Å². The number of nitrogens with one attached hydrogen (secondary N) is 1. The van der Waals surface area contributed by atoms with Crippen LogP contribution in [0.2, 0.25) is 0 Å². The lowest BCUT2D eigenvalue weighted by Crippen LogP contribution is -2.33. The smallest absolute Gasteiger partial charge is 0.0460 e. The molecule has 0 radical (unpaired) electrons. The molecule has 3 N–H and O–H groups in total. The van der Waals surface area contributed by atoms with Crippen LogP contribution in [-0.2, 0) is 12.8 Å². The van der Waals surface area contributed by atoms with Gasteiger partial charge in [0.15, 0.2) is 0 Å². The second-order valence-electron chi connectivity index (χ2n) is 5.25. The van der Waals surface area contributed by atoms with Crippen molar-refractivity contribution >= 4 is 29.0 Å². The van der Waals surface area contributed by atoms with Crippen molar-refractivity contribution in [3.8, 4) is 0 Å². The molecule has 0 fully saturated rings. The predicted molar refractivity (Wildman–Crippen MR) is 79.5 cm³/mol. The highest BCUT2D eigenvalue weighted by Gasteiger charge is 2.23. The molecule has 0 bridgehead atoms. The third-order valence-corrected chi connectivity index (χ3v) is 3.92.